The van der Waals surface area contributed by atoms with Gasteiger partial charge in [-0.2, -0.15) is 0 Å². The molecule has 0 heteroatoms. The fourth-order valence-corrected chi connectivity index (χ4v) is 2.82. The summed E-state index contributed by atoms with van der Waals surface area (Å²) in [5.41, 5.74) is 0.772. The fourth-order valence-electron chi connectivity index (χ4n) is 2.82. The summed E-state index contributed by atoms with van der Waals surface area (Å²) in [6.07, 6.45) is 11.7. The molecule has 0 aromatic rings. The summed E-state index contributed by atoms with van der Waals surface area (Å²) in [4.78, 5) is 0. The normalized spacial score (nSPS) is 33.0. The Balaban J connectivity index is 2.17. The van der Waals surface area contributed by atoms with E-state index in [1.165, 1.54) is 51.4 Å². The number of hydrogen-bond donors (Lipinski definition) is 0. The quantitative estimate of drug-likeness (QED) is 0.518. The third kappa shape index (κ3) is 2.48. The molecule has 2 unspecified atom stereocenters. The predicted octanol–water partition coefficient (Wildman–Crippen LogP) is 4.78. The van der Waals surface area contributed by atoms with Gasteiger partial charge in [0.05, 0.1) is 0 Å². The van der Waals surface area contributed by atoms with Crippen LogP contribution in [0.2, 0.25) is 0 Å². The second-order valence-corrected chi connectivity index (χ2v) is 4.97. The van der Waals surface area contributed by atoms with Crippen LogP contribution in [0.25, 0.3) is 0 Å². The third-order valence-corrected chi connectivity index (χ3v) is 4.35. The smallest absolute Gasteiger partial charge is 0.0274 e. The molecule has 1 rings (SSSR count). The highest BCUT2D eigenvalue weighted by molar-refractivity contribution is 4.91. The van der Waals surface area contributed by atoms with Crippen molar-refractivity contribution >= 4 is 0 Å². The van der Waals surface area contributed by atoms with Crippen molar-refractivity contribution in [3.05, 3.63) is 0 Å². The highest BCUT2D eigenvalue weighted by atomic mass is 14.5. The Morgan fingerprint density at radius 1 is 1.15 bits per heavy atom. The summed E-state index contributed by atoms with van der Waals surface area (Å²) >= 11 is 0. The van der Waals surface area contributed by atoms with Gasteiger partial charge in [0.1, 0.15) is 0 Å². The number of unbranched alkanes of at least 4 members (excludes halogenated alkanes) is 3. The molecule has 1 aliphatic carbocycles. The molecular weight excluding hydrogens is 156 g/mol. The van der Waals surface area contributed by atoms with Gasteiger partial charge in [0, 0.05) is 0 Å². The van der Waals surface area contributed by atoms with E-state index in [9.17, 15) is 0 Å². The summed E-state index contributed by atoms with van der Waals surface area (Å²) < 4.78 is 0. The van der Waals surface area contributed by atoms with Crippen molar-refractivity contribution in [3.8, 4) is 0 Å². The van der Waals surface area contributed by atoms with E-state index in [1.54, 1.807) is 0 Å². The highest BCUT2D eigenvalue weighted by Gasteiger charge is 2.41. The van der Waals surface area contributed by atoms with Crippen molar-refractivity contribution in [1.82, 2.24) is 0 Å². The Morgan fingerprint density at radius 2 is 1.92 bits per heavy atom. The largest absolute Gasteiger partial charge is 0.0654 e. The van der Waals surface area contributed by atoms with Crippen molar-refractivity contribution in [2.45, 2.75) is 72.1 Å². The third-order valence-electron chi connectivity index (χ3n) is 4.35. The second-order valence-electron chi connectivity index (χ2n) is 4.97. The van der Waals surface area contributed by atoms with E-state index >= 15 is 0 Å². The van der Waals surface area contributed by atoms with E-state index in [0.717, 1.165) is 11.3 Å². The van der Waals surface area contributed by atoms with Gasteiger partial charge < -0.3 is 0 Å². The first-order chi connectivity index (χ1) is 6.25. The van der Waals surface area contributed by atoms with Crippen LogP contribution in [0.5, 0.6) is 0 Å². The summed E-state index contributed by atoms with van der Waals surface area (Å²) in [5.74, 6) is 1.01. The molecule has 0 aliphatic heterocycles. The van der Waals surface area contributed by atoms with Gasteiger partial charge in [-0.15, -0.1) is 0 Å². The van der Waals surface area contributed by atoms with Gasteiger partial charge in [0.25, 0.3) is 0 Å². The zero-order chi connectivity index (χ0) is 9.73. The zero-order valence-electron chi connectivity index (χ0n) is 9.73. The summed E-state index contributed by atoms with van der Waals surface area (Å²) in [5, 5.41) is 0. The van der Waals surface area contributed by atoms with Gasteiger partial charge in [-0.1, -0.05) is 52.9 Å². The SMILES string of the molecule is CCCCCCC1(CC)CCC1C. The molecule has 0 amide bonds. The Kier molecular flexibility index (Phi) is 4.28. The van der Waals surface area contributed by atoms with Gasteiger partial charge in [-0.25, -0.2) is 0 Å². The first kappa shape index (κ1) is 11.1. The van der Waals surface area contributed by atoms with Crippen LogP contribution >= 0.6 is 0 Å². The van der Waals surface area contributed by atoms with E-state index in [2.05, 4.69) is 20.8 Å². The number of hydrogen-bond acceptors (Lipinski definition) is 0. The van der Waals surface area contributed by atoms with E-state index < -0.39 is 0 Å². The van der Waals surface area contributed by atoms with Crippen molar-refractivity contribution < 1.29 is 0 Å². The van der Waals surface area contributed by atoms with Crippen molar-refractivity contribution in [2.24, 2.45) is 11.3 Å². The number of rotatable bonds is 6. The molecule has 0 heterocycles. The lowest BCUT2D eigenvalue weighted by Gasteiger charge is -2.48. The molecule has 13 heavy (non-hydrogen) atoms. The molecule has 0 aromatic carbocycles. The van der Waals surface area contributed by atoms with Crippen molar-refractivity contribution in [2.75, 3.05) is 0 Å². The van der Waals surface area contributed by atoms with Crippen molar-refractivity contribution in [3.63, 3.8) is 0 Å². The molecule has 1 fully saturated rings. The topological polar surface area (TPSA) is 0 Å². The molecule has 0 N–H and O–H groups in total. The van der Waals surface area contributed by atoms with Gasteiger partial charge in [0.2, 0.25) is 0 Å². The lowest BCUT2D eigenvalue weighted by molar-refractivity contribution is 0.0262. The molecule has 0 nitrogen and oxygen atoms in total. The molecule has 1 aliphatic rings. The van der Waals surface area contributed by atoms with Gasteiger partial charge in [-0.05, 0) is 30.6 Å². The first-order valence-electron chi connectivity index (χ1n) is 6.25. The molecule has 1 saturated carbocycles. The minimum atomic E-state index is 0.772. The summed E-state index contributed by atoms with van der Waals surface area (Å²) in [7, 11) is 0. The molecule has 78 valence electrons. The lowest BCUT2D eigenvalue weighted by atomic mass is 9.57. The molecule has 0 saturated heterocycles. The van der Waals surface area contributed by atoms with Crippen LogP contribution in [-0.2, 0) is 0 Å². The fraction of sp³-hybridized carbons (Fsp3) is 1.00. The molecule has 0 radical (unpaired) electrons. The monoisotopic (exact) mass is 182 g/mol. The molecule has 0 bridgehead atoms. The Labute approximate surface area is 84.1 Å². The maximum absolute atomic E-state index is 2.45. The first-order valence-corrected chi connectivity index (χ1v) is 6.25. The van der Waals surface area contributed by atoms with Gasteiger partial charge in [-0.3, -0.25) is 0 Å². The zero-order valence-corrected chi connectivity index (χ0v) is 9.73. The average molecular weight is 182 g/mol. The van der Waals surface area contributed by atoms with Gasteiger partial charge >= 0.3 is 0 Å². The Hall–Kier alpha value is 0. The minimum Gasteiger partial charge on any atom is -0.0654 e. The van der Waals surface area contributed by atoms with E-state index in [0.29, 0.717) is 0 Å². The van der Waals surface area contributed by atoms with Crippen LogP contribution in [0.1, 0.15) is 72.1 Å². The van der Waals surface area contributed by atoms with E-state index in [1.807, 2.05) is 0 Å². The van der Waals surface area contributed by atoms with Crippen LogP contribution in [0.4, 0.5) is 0 Å². The van der Waals surface area contributed by atoms with Crippen molar-refractivity contribution in [1.29, 1.82) is 0 Å². The average Bonchev–Trinajstić information content (AvgIpc) is 2.16. The lowest BCUT2D eigenvalue weighted by Crippen LogP contribution is -2.37. The highest BCUT2D eigenvalue weighted by Crippen LogP contribution is 2.52. The summed E-state index contributed by atoms with van der Waals surface area (Å²) in [6.45, 7) is 7.13. The van der Waals surface area contributed by atoms with Crippen LogP contribution in [0.3, 0.4) is 0 Å². The Bertz CT molecular complexity index is 135. The summed E-state index contributed by atoms with van der Waals surface area (Å²) in [6, 6.07) is 0. The minimum absolute atomic E-state index is 0.772. The molecule has 0 spiro atoms. The maximum Gasteiger partial charge on any atom is -0.0274 e. The maximum atomic E-state index is 2.45. The van der Waals surface area contributed by atoms with Crippen LogP contribution in [-0.4, -0.2) is 0 Å². The molecule has 0 aromatic heterocycles. The molecular formula is C13H26. The van der Waals surface area contributed by atoms with E-state index in [4.69, 9.17) is 0 Å². The second kappa shape index (κ2) is 5.02. The standard InChI is InChI=1S/C13H26/c1-4-6-7-8-10-13(5-2)11-9-12(13)3/h12H,4-11H2,1-3H3. The van der Waals surface area contributed by atoms with Gasteiger partial charge in [0.15, 0.2) is 0 Å². The van der Waals surface area contributed by atoms with Crippen LogP contribution < -0.4 is 0 Å². The van der Waals surface area contributed by atoms with Crippen LogP contribution in [0, 0.1) is 11.3 Å². The molecule has 2 atom stereocenters. The predicted molar refractivity (Wildman–Crippen MR) is 59.9 cm³/mol. The van der Waals surface area contributed by atoms with Crippen LogP contribution in [0.15, 0.2) is 0 Å². The Morgan fingerprint density at radius 3 is 2.31 bits per heavy atom. The van der Waals surface area contributed by atoms with E-state index in [-0.39, 0.29) is 0 Å².